The van der Waals surface area contributed by atoms with Crippen molar-refractivity contribution in [2.75, 3.05) is 6.61 Å². The van der Waals surface area contributed by atoms with Crippen LogP contribution in [0.15, 0.2) is 28.8 Å². The summed E-state index contributed by atoms with van der Waals surface area (Å²) in [4.78, 5) is 16.5. The van der Waals surface area contributed by atoms with Crippen molar-refractivity contribution >= 4 is 5.91 Å². The van der Waals surface area contributed by atoms with Crippen molar-refractivity contribution in [3.05, 3.63) is 46.8 Å². The van der Waals surface area contributed by atoms with Gasteiger partial charge in [0.15, 0.2) is 0 Å². The molecule has 0 radical (unpaired) electrons. The van der Waals surface area contributed by atoms with Gasteiger partial charge in [-0.1, -0.05) is 5.16 Å². The number of carbonyl (C=O) groups excluding carboxylic acids is 1. The molecule has 0 saturated heterocycles. The van der Waals surface area contributed by atoms with Gasteiger partial charge in [-0.3, -0.25) is 9.63 Å². The maximum absolute atomic E-state index is 11.7. The van der Waals surface area contributed by atoms with Gasteiger partial charge in [0.1, 0.15) is 18.1 Å². The summed E-state index contributed by atoms with van der Waals surface area (Å²) < 4.78 is 10.7. The third-order valence-electron chi connectivity index (χ3n) is 2.99. The van der Waals surface area contributed by atoms with Gasteiger partial charge >= 0.3 is 0 Å². The molecule has 1 aromatic heterocycles. The number of benzene rings is 1. The molecule has 21 heavy (non-hydrogen) atoms. The van der Waals surface area contributed by atoms with Crippen LogP contribution in [0.2, 0.25) is 0 Å². The van der Waals surface area contributed by atoms with E-state index in [4.69, 9.17) is 14.1 Å². The van der Waals surface area contributed by atoms with Gasteiger partial charge in [0.25, 0.3) is 5.91 Å². The van der Waals surface area contributed by atoms with Crippen molar-refractivity contribution in [2.45, 2.75) is 27.4 Å². The second-order valence-electron chi connectivity index (χ2n) is 4.48. The molecule has 2 rings (SSSR count). The summed E-state index contributed by atoms with van der Waals surface area (Å²) >= 11 is 0. The van der Waals surface area contributed by atoms with E-state index in [9.17, 15) is 4.79 Å². The molecule has 1 N–H and O–H groups in total. The first kappa shape index (κ1) is 15.1. The lowest BCUT2D eigenvalue weighted by molar-refractivity contribution is 0.0364. The molecule has 1 heterocycles. The number of aryl methyl sites for hydroxylation is 2. The monoisotopic (exact) mass is 290 g/mol. The van der Waals surface area contributed by atoms with Gasteiger partial charge in [0, 0.05) is 5.56 Å². The zero-order valence-corrected chi connectivity index (χ0v) is 12.3. The highest BCUT2D eigenvalue weighted by molar-refractivity contribution is 5.93. The number of hydrogen-bond donors (Lipinski definition) is 1. The van der Waals surface area contributed by atoms with Crippen LogP contribution in [0.3, 0.4) is 0 Å². The second-order valence-corrected chi connectivity index (χ2v) is 4.48. The lowest BCUT2D eigenvalue weighted by atomic mass is 10.2. The fourth-order valence-electron chi connectivity index (χ4n) is 1.76. The number of hydroxylamine groups is 1. The number of aromatic nitrogens is 1. The number of carbonyl (C=O) groups is 1. The van der Waals surface area contributed by atoms with Gasteiger partial charge < -0.3 is 9.26 Å². The first-order valence-corrected chi connectivity index (χ1v) is 6.68. The normalized spacial score (nSPS) is 10.4. The van der Waals surface area contributed by atoms with E-state index in [1.54, 1.807) is 31.2 Å². The molecule has 0 unspecified atom stereocenters. The molecule has 1 aromatic carbocycles. The molecule has 1 amide bonds. The Morgan fingerprint density at radius 1 is 1.29 bits per heavy atom. The van der Waals surface area contributed by atoms with Crippen molar-refractivity contribution in [3.63, 3.8) is 0 Å². The Morgan fingerprint density at radius 2 is 2.00 bits per heavy atom. The van der Waals surface area contributed by atoms with E-state index < -0.39 is 0 Å². The maximum Gasteiger partial charge on any atom is 0.274 e. The van der Waals surface area contributed by atoms with Crippen LogP contribution in [0.1, 0.15) is 34.3 Å². The van der Waals surface area contributed by atoms with Crippen molar-refractivity contribution in [1.29, 1.82) is 0 Å². The van der Waals surface area contributed by atoms with Crippen LogP contribution in [-0.4, -0.2) is 17.7 Å². The Morgan fingerprint density at radius 3 is 2.57 bits per heavy atom. The van der Waals surface area contributed by atoms with Gasteiger partial charge in [-0.05, 0) is 45.0 Å². The predicted molar refractivity (Wildman–Crippen MR) is 75.8 cm³/mol. The largest absolute Gasteiger partial charge is 0.489 e. The third kappa shape index (κ3) is 3.82. The molecule has 0 spiro atoms. The van der Waals surface area contributed by atoms with E-state index in [0.29, 0.717) is 24.5 Å². The molecule has 0 atom stereocenters. The Labute approximate surface area is 123 Å². The molecule has 112 valence electrons. The highest BCUT2D eigenvalue weighted by Gasteiger charge is 2.10. The van der Waals surface area contributed by atoms with Crippen LogP contribution < -0.4 is 10.2 Å². The Bertz CT molecular complexity index is 585. The van der Waals surface area contributed by atoms with E-state index in [0.717, 1.165) is 17.0 Å². The summed E-state index contributed by atoms with van der Waals surface area (Å²) in [6, 6.07) is 6.83. The van der Waals surface area contributed by atoms with Crippen molar-refractivity contribution < 1.29 is 18.9 Å². The highest BCUT2D eigenvalue weighted by Crippen LogP contribution is 2.17. The summed E-state index contributed by atoms with van der Waals surface area (Å²) in [6.07, 6.45) is 0. The molecule has 0 aliphatic rings. The van der Waals surface area contributed by atoms with Gasteiger partial charge in [-0.15, -0.1) is 0 Å². The first-order chi connectivity index (χ1) is 10.1. The van der Waals surface area contributed by atoms with Crippen LogP contribution in [0.5, 0.6) is 5.75 Å². The van der Waals surface area contributed by atoms with Crippen molar-refractivity contribution in [1.82, 2.24) is 10.6 Å². The van der Waals surface area contributed by atoms with Crippen LogP contribution in [-0.2, 0) is 11.4 Å². The molecule has 2 aromatic rings. The molecular formula is C15H18N2O4. The molecule has 0 bridgehead atoms. The minimum Gasteiger partial charge on any atom is -0.489 e. The molecule has 6 nitrogen and oxygen atoms in total. The number of nitrogens with zero attached hydrogens (tertiary/aromatic N) is 1. The van der Waals surface area contributed by atoms with E-state index >= 15 is 0 Å². The number of ether oxygens (including phenoxy) is 1. The minimum atomic E-state index is -0.283. The molecule has 0 aliphatic heterocycles. The molecule has 6 heteroatoms. The summed E-state index contributed by atoms with van der Waals surface area (Å²) in [5.41, 5.74) is 4.60. The fourth-order valence-corrected chi connectivity index (χ4v) is 1.76. The molecule has 0 fully saturated rings. The second kappa shape index (κ2) is 6.90. The number of nitrogens with one attached hydrogen (secondary N) is 1. The Hall–Kier alpha value is -2.34. The highest BCUT2D eigenvalue weighted by atomic mass is 16.6. The Kier molecular flexibility index (Phi) is 4.94. The van der Waals surface area contributed by atoms with E-state index in [-0.39, 0.29) is 5.91 Å². The van der Waals surface area contributed by atoms with Gasteiger partial charge in [0.05, 0.1) is 17.9 Å². The quantitative estimate of drug-likeness (QED) is 0.828. The Balaban J connectivity index is 1.95. The standard InChI is InChI=1S/C15H18N2O4/c1-4-20-17-15(18)12-5-7-13(8-6-12)19-9-14-10(2)16-21-11(14)3/h5-8H,4,9H2,1-3H3,(H,17,18). The van der Waals surface area contributed by atoms with E-state index in [1.807, 2.05) is 13.8 Å². The van der Waals surface area contributed by atoms with E-state index in [1.165, 1.54) is 0 Å². The van der Waals surface area contributed by atoms with Crippen LogP contribution in [0.4, 0.5) is 0 Å². The zero-order valence-electron chi connectivity index (χ0n) is 12.3. The zero-order chi connectivity index (χ0) is 15.2. The van der Waals surface area contributed by atoms with Crippen molar-refractivity contribution in [2.24, 2.45) is 0 Å². The lowest BCUT2D eigenvalue weighted by Gasteiger charge is -2.07. The van der Waals surface area contributed by atoms with E-state index in [2.05, 4.69) is 10.6 Å². The van der Waals surface area contributed by atoms with Gasteiger partial charge in [-0.2, -0.15) is 0 Å². The first-order valence-electron chi connectivity index (χ1n) is 6.68. The molecule has 0 saturated carbocycles. The van der Waals surface area contributed by atoms with Crippen LogP contribution in [0.25, 0.3) is 0 Å². The SMILES string of the molecule is CCONC(=O)c1ccc(OCc2c(C)noc2C)cc1. The average molecular weight is 290 g/mol. The third-order valence-corrected chi connectivity index (χ3v) is 2.99. The minimum absolute atomic E-state index is 0.283. The van der Waals surface area contributed by atoms with Crippen LogP contribution >= 0.6 is 0 Å². The smallest absolute Gasteiger partial charge is 0.274 e. The number of rotatable bonds is 6. The topological polar surface area (TPSA) is 73.6 Å². The number of amides is 1. The lowest BCUT2D eigenvalue weighted by Crippen LogP contribution is -2.23. The number of hydrogen-bond acceptors (Lipinski definition) is 5. The predicted octanol–water partition coefficient (Wildman–Crippen LogP) is 2.55. The molecule has 0 aliphatic carbocycles. The summed E-state index contributed by atoms with van der Waals surface area (Å²) in [6.45, 7) is 6.32. The van der Waals surface area contributed by atoms with Crippen LogP contribution in [0, 0.1) is 13.8 Å². The summed E-state index contributed by atoms with van der Waals surface area (Å²) in [7, 11) is 0. The van der Waals surface area contributed by atoms with Crippen molar-refractivity contribution in [3.8, 4) is 5.75 Å². The summed E-state index contributed by atoms with van der Waals surface area (Å²) in [5.74, 6) is 1.14. The van der Waals surface area contributed by atoms with Gasteiger partial charge in [0.2, 0.25) is 0 Å². The average Bonchev–Trinajstić information content (AvgIpc) is 2.82. The maximum atomic E-state index is 11.7. The molecular weight excluding hydrogens is 272 g/mol. The fraction of sp³-hybridized carbons (Fsp3) is 0.333. The summed E-state index contributed by atoms with van der Waals surface area (Å²) in [5, 5.41) is 3.87. The van der Waals surface area contributed by atoms with Gasteiger partial charge in [-0.25, -0.2) is 5.48 Å².